The van der Waals surface area contributed by atoms with Crippen LogP contribution in [-0.4, -0.2) is 33.0 Å². The molecule has 0 saturated carbocycles. The fourth-order valence-electron chi connectivity index (χ4n) is 2.58. The first-order valence-corrected chi connectivity index (χ1v) is 8.75. The van der Waals surface area contributed by atoms with Gasteiger partial charge in [-0.05, 0) is 11.1 Å². The minimum Gasteiger partial charge on any atom is -0.503 e. The van der Waals surface area contributed by atoms with E-state index >= 15 is 0 Å². The van der Waals surface area contributed by atoms with E-state index in [0.717, 1.165) is 11.1 Å². The Labute approximate surface area is 170 Å². The molecule has 0 unspecified atom stereocenters. The number of oxime groups is 1. The number of carbonyl (C=O) groups excluding carboxylic acids is 1. The zero-order valence-electron chi connectivity index (χ0n) is 16.7. The lowest BCUT2D eigenvalue weighted by Crippen LogP contribution is -2.21. The molecule has 0 heterocycles. The van der Waals surface area contributed by atoms with Crippen molar-refractivity contribution >= 4 is 17.3 Å². The molecule has 7 nitrogen and oxygen atoms in total. The van der Waals surface area contributed by atoms with Crippen LogP contribution < -0.4 is 5.48 Å². The average molecular weight is 396 g/mol. The molecule has 0 atom stereocenters. The highest BCUT2D eigenvalue weighted by molar-refractivity contribution is 6.16. The van der Waals surface area contributed by atoms with E-state index in [-0.39, 0.29) is 6.61 Å². The van der Waals surface area contributed by atoms with Crippen LogP contribution in [-0.2, 0) is 30.6 Å². The van der Waals surface area contributed by atoms with E-state index in [2.05, 4.69) is 17.2 Å². The summed E-state index contributed by atoms with van der Waals surface area (Å²) in [5.74, 6) is -0.504. The number of nitrogens with one attached hydrogen (secondary N) is 1. The molecule has 0 radical (unpaired) electrons. The number of carbonyl (C=O) groups is 1. The predicted octanol–water partition coefficient (Wildman–Crippen LogP) is 3.43. The van der Waals surface area contributed by atoms with Crippen molar-refractivity contribution in [2.45, 2.75) is 6.61 Å². The number of allylic oxidation sites excluding steroid dienone is 1. The van der Waals surface area contributed by atoms with E-state index in [1.54, 1.807) is 6.07 Å². The van der Waals surface area contributed by atoms with Crippen molar-refractivity contribution in [3.63, 3.8) is 0 Å². The van der Waals surface area contributed by atoms with Gasteiger partial charge in [-0.25, -0.2) is 4.79 Å². The molecule has 1 N–H and O–H groups in total. The van der Waals surface area contributed by atoms with Gasteiger partial charge in [0.1, 0.15) is 25.0 Å². The molecule has 2 rings (SSSR count). The minimum absolute atomic E-state index is 0.155. The molecule has 29 heavy (non-hydrogen) atoms. The highest BCUT2D eigenvalue weighted by Gasteiger charge is 2.17. The molecule has 2 aromatic rings. The monoisotopic (exact) mass is 396 g/mol. The fraction of sp³-hybridized carbons (Fsp3) is 0.182. The van der Waals surface area contributed by atoms with Crippen molar-refractivity contribution in [3.8, 4) is 0 Å². The van der Waals surface area contributed by atoms with E-state index in [9.17, 15) is 4.79 Å². The maximum absolute atomic E-state index is 12.1. The van der Waals surface area contributed by atoms with Crippen LogP contribution in [0.2, 0.25) is 0 Å². The van der Waals surface area contributed by atoms with Crippen molar-refractivity contribution < 1.29 is 23.9 Å². The number of esters is 1. The third-order valence-corrected chi connectivity index (χ3v) is 3.89. The van der Waals surface area contributed by atoms with Crippen LogP contribution in [0.4, 0.5) is 0 Å². The average Bonchev–Trinajstić information content (AvgIpc) is 2.76. The summed E-state index contributed by atoms with van der Waals surface area (Å²) < 4.78 is 9.86. The van der Waals surface area contributed by atoms with Gasteiger partial charge >= 0.3 is 5.97 Å². The Kier molecular flexibility index (Phi) is 8.47. The maximum atomic E-state index is 12.1. The van der Waals surface area contributed by atoms with Crippen LogP contribution in [0.3, 0.4) is 0 Å². The van der Waals surface area contributed by atoms with E-state index in [0.29, 0.717) is 22.5 Å². The van der Waals surface area contributed by atoms with Crippen molar-refractivity contribution in [2.75, 3.05) is 21.3 Å². The first-order valence-electron chi connectivity index (χ1n) is 8.75. The van der Waals surface area contributed by atoms with Gasteiger partial charge in [0.15, 0.2) is 0 Å². The number of hydrogen-bond donors (Lipinski definition) is 1. The lowest BCUT2D eigenvalue weighted by molar-refractivity contribution is -0.133. The van der Waals surface area contributed by atoms with Crippen LogP contribution in [0, 0.1) is 0 Å². The molecule has 2 aromatic carbocycles. The molecule has 0 amide bonds. The van der Waals surface area contributed by atoms with E-state index < -0.39 is 5.97 Å². The smallest absolute Gasteiger partial charge is 0.341 e. The van der Waals surface area contributed by atoms with Crippen molar-refractivity contribution in [2.24, 2.45) is 5.16 Å². The third-order valence-electron chi connectivity index (χ3n) is 3.89. The predicted molar refractivity (Wildman–Crippen MR) is 110 cm³/mol. The Morgan fingerprint density at radius 2 is 1.76 bits per heavy atom. The molecule has 0 bridgehead atoms. The summed E-state index contributed by atoms with van der Waals surface area (Å²) in [5.41, 5.74) is 6.23. The van der Waals surface area contributed by atoms with Crippen molar-refractivity contribution in [1.82, 2.24) is 5.48 Å². The normalized spacial score (nSPS) is 11.6. The van der Waals surface area contributed by atoms with Crippen LogP contribution in [0.25, 0.3) is 5.57 Å². The molecule has 0 aliphatic heterocycles. The minimum atomic E-state index is -0.504. The number of benzene rings is 2. The number of methoxy groups -OCH3 is 2. The molecular weight excluding hydrogens is 372 g/mol. The Morgan fingerprint density at radius 1 is 1.07 bits per heavy atom. The summed E-state index contributed by atoms with van der Waals surface area (Å²) in [5, 5.41) is 4.01. The Morgan fingerprint density at radius 3 is 2.41 bits per heavy atom. The van der Waals surface area contributed by atoms with Gasteiger partial charge in [0.05, 0.1) is 26.2 Å². The van der Waals surface area contributed by atoms with Gasteiger partial charge in [-0.2, -0.15) is 0 Å². The fourth-order valence-corrected chi connectivity index (χ4v) is 2.58. The first kappa shape index (κ1) is 21.7. The third kappa shape index (κ3) is 5.95. The molecule has 7 heteroatoms. The van der Waals surface area contributed by atoms with Gasteiger partial charge in [0.25, 0.3) is 0 Å². The second-order valence-corrected chi connectivity index (χ2v) is 5.77. The highest BCUT2D eigenvalue weighted by atomic mass is 16.6. The first-order chi connectivity index (χ1) is 14.1. The molecule has 0 saturated heterocycles. The molecule has 0 aliphatic rings. The zero-order chi connectivity index (χ0) is 21.1. The SMILES string of the molecule is C=C(NOCc1ccccc1C(=COC)C(=O)OC)C(=NOC)c1ccccc1. The van der Waals surface area contributed by atoms with Crippen LogP contribution in [0.5, 0.6) is 0 Å². The maximum Gasteiger partial charge on any atom is 0.341 e. The number of rotatable bonds is 10. The summed E-state index contributed by atoms with van der Waals surface area (Å²) in [7, 11) is 4.24. The Hall–Kier alpha value is -3.58. The second kappa shape index (κ2) is 11.3. The molecule has 0 spiro atoms. The molecule has 0 fully saturated rings. The van der Waals surface area contributed by atoms with Gasteiger partial charge in [-0.3, -0.25) is 10.3 Å². The quantitative estimate of drug-likeness (QED) is 0.218. The number of nitrogens with zero attached hydrogens (tertiary/aromatic N) is 1. The lowest BCUT2D eigenvalue weighted by atomic mass is 10.0. The van der Waals surface area contributed by atoms with Gasteiger partial charge in [-0.1, -0.05) is 66.3 Å². The standard InChI is InChI=1S/C22H24N2O5/c1-16(21(24-28-4)17-10-6-5-7-11-17)23-29-14-18-12-8-9-13-19(18)20(15-26-2)22(25)27-3/h5-13,15,23H,1,14H2,2-4H3. The van der Waals surface area contributed by atoms with Gasteiger partial charge in [-0.15, -0.1) is 0 Å². The van der Waals surface area contributed by atoms with E-state index in [1.807, 2.05) is 48.5 Å². The van der Waals surface area contributed by atoms with Gasteiger partial charge in [0.2, 0.25) is 0 Å². The lowest BCUT2D eigenvalue weighted by Gasteiger charge is -2.14. The summed E-state index contributed by atoms with van der Waals surface area (Å²) in [6.07, 6.45) is 1.34. The number of hydrogen-bond acceptors (Lipinski definition) is 7. The zero-order valence-corrected chi connectivity index (χ0v) is 16.7. The van der Waals surface area contributed by atoms with Crippen LogP contribution in [0.15, 0.2) is 78.3 Å². The number of ether oxygens (including phenoxy) is 2. The van der Waals surface area contributed by atoms with E-state index in [4.69, 9.17) is 19.1 Å². The van der Waals surface area contributed by atoms with E-state index in [1.165, 1.54) is 27.6 Å². The molecule has 0 aromatic heterocycles. The summed E-state index contributed by atoms with van der Waals surface area (Å²) in [6.45, 7) is 4.11. The highest BCUT2D eigenvalue weighted by Crippen LogP contribution is 2.21. The summed E-state index contributed by atoms with van der Waals surface area (Å²) in [6, 6.07) is 16.8. The topological polar surface area (TPSA) is 78.4 Å². The number of hydroxylamine groups is 1. The molecule has 0 aliphatic carbocycles. The Balaban J connectivity index is 2.13. The van der Waals surface area contributed by atoms with Crippen molar-refractivity contribution in [1.29, 1.82) is 0 Å². The second-order valence-electron chi connectivity index (χ2n) is 5.77. The summed E-state index contributed by atoms with van der Waals surface area (Å²) >= 11 is 0. The van der Waals surface area contributed by atoms with Gasteiger partial charge < -0.3 is 14.3 Å². The van der Waals surface area contributed by atoms with Crippen molar-refractivity contribution in [3.05, 3.63) is 89.8 Å². The molecular formula is C22H24N2O5. The molecule has 152 valence electrons. The van der Waals surface area contributed by atoms with Crippen LogP contribution in [0.1, 0.15) is 16.7 Å². The Bertz CT molecular complexity index is 891. The largest absolute Gasteiger partial charge is 0.503 e. The summed E-state index contributed by atoms with van der Waals surface area (Å²) in [4.78, 5) is 22.6. The van der Waals surface area contributed by atoms with Gasteiger partial charge in [0, 0.05) is 5.56 Å². The van der Waals surface area contributed by atoms with Crippen LogP contribution >= 0.6 is 0 Å².